The standard InChI is InChI=1S/C29H21B2N3O8/c35-28(36)26-14-18(16-4-8-20(9-5-16)30(39)40)12-24(33-26)22-2-1-3-23(32-22)25-13-19(15-27(34-25)29(37)38)17-6-10-21(11-7-17)31(41)42/h1-15,39-42H,(H,35,36)(H,37,38). The van der Waals surface area contributed by atoms with Gasteiger partial charge in [-0.25, -0.2) is 24.5 Å². The number of pyridine rings is 3. The normalized spacial score (nSPS) is 10.8. The average Bonchev–Trinajstić information content (AvgIpc) is 3.00. The average molecular weight is 561 g/mol. The van der Waals surface area contributed by atoms with Crippen LogP contribution >= 0.6 is 0 Å². The van der Waals surface area contributed by atoms with Gasteiger partial charge in [-0.3, -0.25) is 0 Å². The molecule has 3 aromatic heterocycles. The van der Waals surface area contributed by atoms with Crippen LogP contribution in [-0.2, 0) is 0 Å². The molecule has 0 atom stereocenters. The molecule has 2 aromatic carbocycles. The highest BCUT2D eigenvalue weighted by molar-refractivity contribution is 6.59. The molecule has 0 bridgehead atoms. The van der Waals surface area contributed by atoms with Crippen LogP contribution in [0.2, 0.25) is 0 Å². The van der Waals surface area contributed by atoms with E-state index in [1.165, 1.54) is 36.4 Å². The Bertz CT molecular complexity index is 1670. The molecular weight excluding hydrogens is 540 g/mol. The zero-order valence-electron chi connectivity index (χ0n) is 21.7. The minimum Gasteiger partial charge on any atom is -0.477 e. The molecule has 0 saturated heterocycles. The van der Waals surface area contributed by atoms with Crippen molar-refractivity contribution in [3.63, 3.8) is 0 Å². The van der Waals surface area contributed by atoms with Crippen LogP contribution in [-0.4, -0.2) is 71.4 Å². The van der Waals surface area contributed by atoms with Gasteiger partial charge in [0.15, 0.2) is 0 Å². The number of carbonyl (C=O) groups is 2. The van der Waals surface area contributed by atoms with Crippen LogP contribution in [0.4, 0.5) is 0 Å². The lowest BCUT2D eigenvalue weighted by atomic mass is 9.80. The van der Waals surface area contributed by atoms with Gasteiger partial charge in [0.1, 0.15) is 11.4 Å². The van der Waals surface area contributed by atoms with Crippen molar-refractivity contribution in [2.75, 3.05) is 0 Å². The number of nitrogens with zero attached hydrogens (tertiary/aromatic N) is 3. The SMILES string of the molecule is O=C(O)c1cc(-c2ccc(B(O)O)cc2)cc(-c2cccc(-c3cc(-c4ccc(B(O)O)cc4)cc(C(=O)O)n3)n2)n1. The quantitative estimate of drug-likeness (QED) is 0.150. The first-order valence-electron chi connectivity index (χ1n) is 12.5. The van der Waals surface area contributed by atoms with Crippen molar-refractivity contribution in [3.8, 4) is 45.0 Å². The number of aromatic nitrogens is 3. The first kappa shape index (κ1) is 28.3. The molecule has 0 fully saturated rings. The number of carboxylic acids is 2. The van der Waals surface area contributed by atoms with Crippen molar-refractivity contribution in [1.82, 2.24) is 15.0 Å². The summed E-state index contributed by atoms with van der Waals surface area (Å²) in [6.45, 7) is 0. The Labute approximate surface area is 239 Å². The molecule has 5 aromatic rings. The van der Waals surface area contributed by atoms with Crippen molar-refractivity contribution in [1.29, 1.82) is 0 Å². The van der Waals surface area contributed by atoms with Crippen LogP contribution in [0.5, 0.6) is 0 Å². The highest BCUT2D eigenvalue weighted by Crippen LogP contribution is 2.29. The molecule has 42 heavy (non-hydrogen) atoms. The summed E-state index contributed by atoms with van der Waals surface area (Å²) in [6.07, 6.45) is 0. The van der Waals surface area contributed by atoms with Crippen LogP contribution in [0.3, 0.4) is 0 Å². The first-order chi connectivity index (χ1) is 20.1. The number of aromatic carboxylic acids is 2. The van der Waals surface area contributed by atoms with Crippen LogP contribution in [0.1, 0.15) is 21.0 Å². The number of rotatable bonds is 8. The van der Waals surface area contributed by atoms with E-state index >= 15 is 0 Å². The van der Waals surface area contributed by atoms with E-state index in [9.17, 15) is 39.9 Å². The van der Waals surface area contributed by atoms with Gasteiger partial charge in [0, 0.05) is 0 Å². The lowest BCUT2D eigenvalue weighted by molar-refractivity contribution is 0.0680. The lowest BCUT2D eigenvalue weighted by Crippen LogP contribution is -2.29. The molecule has 0 aliphatic heterocycles. The second-order valence-corrected chi connectivity index (χ2v) is 9.26. The fourth-order valence-electron chi connectivity index (χ4n) is 4.29. The summed E-state index contributed by atoms with van der Waals surface area (Å²) in [5.74, 6) is -2.51. The molecule has 3 heterocycles. The molecule has 0 radical (unpaired) electrons. The molecule has 0 amide bonds. The summed E-state index contributed by atoms with van der Waals surface area (Å²) >= 11 is 0. The highest BCUT2D eigenvalue weighted by atomic mass is 16.4. The van der Waals surface area contributed by atoms with E-state index in [4.69, 9.17) is 0 Å². The Morgan fingerprint density at radius 2 is 0.857 bits per heavy atom. The third-order valence-electron chi connectivity index (χ3n) is 6.45. The number of benzene rings is 2. The van der Waals surface area contributed by atoms with Gasteiger partial charge in [-0.1, -0.05) is 54.6 Å². The van der Waals surface area contributed by atoms with E-state index < -0.39 is 26.2 Å². The molecule has 0 unspecified atom stereocenters. The Morgan fingerprint density at radius 3 is 1.19 bits per heavy atom. The lowest BCUT2D eigenvalue weighted by Gasteiger charge is -2.11. The molecule has 11 nitrogen and oxygen atoms in total. The van der Waals surface area contributed by atoms with Crippen LogP contribution in [0.25, 0.3) is 45.0 Å². The summed E-state index contributed by atoms with van der Waals surface area (Å²) < 4.78 is 0. The molecule has 0 aliphatic rings. The monoisotopic (exact) mass is 561 g/mol. The van der Waals surface area contributed by atoms with Gasteiger partial charge in [0.2, 0.25) is 0 Å². The summed E-state index contributed by atoms with van der Waals surface area (Å²) in [5.41, 5.74) is 3.43. The summed E-state index contributed by atoms with van der Waals surface area (Å²) in [4.78, 5) is 36.9. The molecule has 206 valence electrons. The Kier molecular flexibility index (Phi) is 7.91. The zero-order valence-corrected chi connectivity index (χ0v) is 21.7. The smallest absolute Gasteiger partial charge is 0.477 e. The van der Waals surface area contributed by atoms with Crippen LogP contribution in [0.15, 0.2) is 91.0 Å². The fraction of sp³-hybridized carbons (Fsp3) is 0. The topological polar surface area (TPSA) is 194 Å². The van der Waals surface area contributed by atoms with E-state index in [2.05, 4.69) is 15.0 Å². The van der Waals surface area contributed by atoms with Crippen molar-refractivity contribution in [2.24, 2.45) is 0 Å². The molecule has 6 N–H and O–H groups in total. The Hall–Kier alpha value is -5.20. The maximum Gasteiger partial charge on any atom is 0.488 e. The highest BCUT2D eigenvalue weighted by Gasteiger charge is 2.17. The predicted molar refractivity (Wildman–Crippen MR) is 155 cm³/mol. The van der Waals surface area contributed by atoms with Crippen molar-refractivity contribution < 1.29 is 39.9 Å². The fourth-order valence-corrected chi connectivity index (χ4v) is 4.29. The van der Waals surface area contributed by atoms with E-state index in [0.717, 1.165) is 0 Å². The van der Waals surface area contributed by atoms with Crippen molar-refractivity contribution in [2.45, 2.75) is 0 Å². The minimum absolute atomic E-state index is 0.231. The summed E-state index contributed by atoms with van der Waals surface area (Å²) in [5, 5.41) is 56.9. The predicted octanol–water partition coefficient (Wildman–Crippen LogP) is 1.30. The van der Waals surface area contributed by atoms with E-state index in [1.54, 1.807) is 54.6 Å². The number of hydrogen-bond donors (Lipinski definition) is 6. The molecular formula is C29H21B2N3O8. The van der Waals surface area contributed by atoms with Gasteiger partial charge in [-0.2, -0.15) is 0 Å². The molecule has 5 rings (SSSR count). The van der Waals surface area contributed by atoms with Gasteiger partial charge in [-0.05, 0) is 69.6 Å². The first-order valence-corrected chi connectivity index (χ1v) is 12.5. The molecule has 0 aliphatic carbocycles. The number of hydrogen-bond acceptors (Lipinski definition) is 9. The van der Waals surface area contributed by atoms with Gasteiger partial charge in [0.25, 0.3) is 0 Å². The van der Waals surface area contributed by atoms with Crippen molar-refractivity contribution in [3.05, 3.63) is 102 Å². The second-order valence-electron chi connectivity index (χ2n) is 9.26. The van der Waals surface area contributed by atoms with E-state index in [0.29, 0.717) is 33.6 Å². The third kappa shape index (κ3) is 6.09. The Balaban J connectivity index is 1.58. The van der Waals surface area contributed by atoms with E-state index in [1.807, 2.05) is 0 Å². The van der Waals surface area contributed by atoms with Gasteiger partial charge >= 0.3 is 26.2 Å². The third-order valence-corrected chi connectivity index (χ3v) is 6.45. The molecule has 13 heteroatoms. The van der Waals surface area contributed by atoms with E-state index in [-0.39, 0.29) is 33.7 Å². The maximum absolute atomic E-state index is 11.9. The van der Waals surface area contributed by atoms with Gasteiger partial charge < -0.3 is 30.3 Å². The summed E-state index contributed by atoms with van der Waals surface area (Å²) in [7, 11) is -3.29. The minimum atomic E-state index is -1.64. The molecule has 0 spiro atoms. The second kappa shape index (κ2) is 11.7. The van der Waals surface area contributed by atoms with Gasteiger partial charge in [-0.15, -0.1) is 0 Å². The largest absolute Gasteiger partial charge is 0.488 e. The number of carboxylic acid groups (broad SMARTS) is 2. The zero-order chi connectivity index (χ0) is 30.0. The Morgan fingerprint density at radius 1 is 0.476 bits per heavy atom. The van der Waals surface area contributed by atoms with Crippen LogP contribution in [0, 0.1) is 0 Å². The van der Waals surface area contributed by atoms with Gasteiger partial charge in [0.05, 0.1) is 22.8 Å². The van der Waals surface area contributed by atoms with Crippen molar-refractivity contribution >= 4 is 37.1 Å². The van der Waals surface area contributed by atoms with Crippen LogP contribution < -0.4 is 10.9 Å². The maximum atomic E-state index is 11.9. The molecule has 0 saturated carbocycles. The summed E-state index contributed by atoms with van der Waals surface area (Å²) in [6, 6.07) is 23.6.